The van der Waals surface area contributed by atoms with Crippen molar-refractivity contribution in [3.05, 3.63) is 53.3 Å². The number of pyridine rings is 1. The second-order valence-electron chi connectivity index (χ2n) is 7.24. The van der Waals surface area contributed by atoms with Gasteiger partial charge in [0.25, 0.3) is 0 Å². The van der Waals surface area contributed by atoms with E-state index < -0.39 is 5.97 Å². The first-order chi connectivity index (χ1) is 14.5. The minimum atomic E-state index is -1.22. The van der Waals surface area contributed by atoms with Gasteiger partial charge in [-0.2, -0.15) is 0 Å². The fraction of sp³-hybridized carbons (Fsp3) is 0.409. The zero-order chi connectivity index (χ0) is 21.5. The SMILES string of the molecule is CCNCC(=O)N(Cc1ccc(C2CCOCC2)nc1)c1ccc(C(=O)O)c(O)c1. The lowest BCUT2D eigenvalue weighted by molar-refractivity contribution is -0.117. The summed E-state index contributed by atoms with van der Waals surface area (Å²) in [7, 11) is 0. The summed E-state index contributed by atoms with van der Waals surface area (Å²) in [5, 5.41) is 22.2. The molecule has 0 aliphatic carbocycles. The van der Waals surface area contributed by atoms with Gasteiger partial charge in [0.15, 0.2) is 0 Å². The van der Waals surface area contributed by atoms with Crippen LogP contribution in [0, 0.1) is 0 Å². The normalized spacial score (nSPS) is 14.4. The molecule has 1 fully saturated rings. The number of phenols is 1. The van der Waals surface area contributed by atoms with Gasteiger partial charge in [-0.15, -0.1) is 0 Å². The van der Waals surface area contributed by atoms with Gasteiger partial charge in [-0.3, -0.25) is 9.78 Å². The Balaban J connectivity index is 1.81. The van der Waals surface area contributed by atoms with Crippen LogP contribution in [0.15, 0.2) is 36.5 Å². The van der Waals surface area contributed by atoms with Crippen LogP contribution in [0.3, 0.4) is 0 Å². The Morgan fingerprint density at radius 1 is 1.23 bits per heavy atom. The van der Waals surface area contributed by atoms with Crippen LogP contribution in [-0.4, -0.2) is 53.4 Å². The van der Waals surface area contributed by atoms with E-state index in [0.717, 1.165) is 37.3 Å². The van der Waals surface area contributed by atoms with Gasteiger partial charge in [0.1, 0.15) is 11.3 Å². The van der Waals surface area contributed by atoms with Crippen LogP contribution in [0.4, 0.5) is 5.69 Å². The standard InChI is InChI=1S/C22H27N3O5/c1-2-23-13-21(27)25(17-4-5-18(22(28)29)20(26)11-17)14-15-3-6-19(24-12-15)16-7-9-30-10-8-16/h3-6,11-12,16,23,26H,2,7-10,13-14H2,1H3,(H,28,29). The van der Waals surface area contributed by atoms with Crippen LogP contribution in [0.25, 0.3) is 0 Å². The number of amides is 1. The smallest absolute Gasteiger partial charge is 0.339 e. The van der Waals surface area contributed by atoms with Crippen molar-refractivity contribution in [1.82, 2.24) is 10.3 Å². The number of anilines is 1. The maximum absolute atomic E-state index is 12.8. The minimum Gasteiger partial charge on any atom is -0.507 e. The van der Waals surface area contributed by atoms with Gasteiger partial charge in [-0.05, 0) is 43.1 Å². The Kier molecular flexibility index (Phi) is 7.37. The predicted molar refractivity (Wildman–Crippen MR) is 112 cm³/mol. The highest BCUT2D eigenvalue weighted by Crippen LogP contribution is 2.28. The van der Waals surface area contributed by atoms with Crippen molar-refractivity contribution in [3.63, 3.8) is 0 Å². The number of hydrogen-bond donors (Lipinski definition) is 3. The first-order valence-electron chi connectivity index (χ1n) is 10.1. The lowest BCUT2D eigenvalue weighted by Gasteiger charge is -2.24. The molecule has 0 saturated carbocycles. The van der Waals surface area contributed by atoms with Crippen LogP contribution >= 0.6 is 0 Å². The molecule has 30 heavy (non-hydrogen) atoms. The van der Waals surface area contributed by atoms with E-state index >= 15 is 0 Å². The van der Waals surface area contributed by atoms with E-state index in [-0.39, 0.29) is 30.3 Å². The molecule has 1 aromatic heterocycles. The molecule has 1 amide bonds. The number of rotatable bonds is 8. The second kappa shape index (κ2) is 10.2. The number of carbonyl (C=O) groups is 2. The highest BCUT2D eigenvalue weighted by molar-refractivity contribution is 5.96. The van der Waals surface area contributed by atoms with Crippen molar-refractivity contribution in [3.8, 4) is 5.75 Å². The van der Waals surface area contributed by atoms with Gasteiger partial charge in [-0.25, -0.2) is 4.79 Å². The van der Waals surface area contributed by atoms with Crippen LogP contribution in [0.2, 0.25) is 0 Å². The van der Waals surface area contributed by atoms with Crippen LogP contribution in [-0.2, 0) is 16.1 Å². The Bertz CT molecular complexity index is 879. The molecule has 8 heteroatoms. The molecule has 2 heterocycles. The second-order valence-corrected chi connectivity index (χ2v) is 7.24. The molecule has 0 spiro atoms. The molecule has 1 aliphatic rings. The molecular formula is C22H27N3O5. The maximum atomic E-state index is 12.8. The van der Waals surface area contributed by atoms with Gasteiger partial charge >= 0.3 is 5.97 Å². The number of nitrogens with one attached hydrogen (secondary N) is 1. The van der Waals surface area contributed by atoms with Crippen molar-refractivity contribution in [2.45, 2.75) is 32.2 Å². The number of carboxylic acid groups (broad SMARTS) is 1. The summed E-state index contributed by atoms with van der Waals surface area (Å²) in [5.41, 5.74) is 2.09. The number of aromatic carboxylic acids is 1. The first-order valence-corrected chi connectivity index (χ1v) is 10.1. The van der Waals surface area contributed by atoms with E-state index in [9.17, 15) is 14.7 Å². The fourth-order valence-electron chi connectivity index (χ4n) is 3.47. The molecule has 0 bridgehead atoms. The summed E-state index contributed by atoms with van der Waals surface area (Å²) >= 11 is 0. The van der Waals surface area contributed by atoms with E-state index in [1.54, 1.807) is 6.20 Å². The minimum absolute atomic E-state index is 0.130. The van der Waals surface area contributed by atoms with E-state index in [1.807, 2.05) is 19.1 Å². The molecule has 0 atom stereocenters. The third-order valence-corrected chi connectivity index (χ3v) is 5.18. The number of carboxylic acids is 1. The lowest BCUT2D eigenvalue weighted by Crippen LogP contribution is -2.38. The molecular weight excluding hydrogens is 386 g/mol. The first kappa shape index (κ1) is 21.7. The highest BCUT2D eigenvalue weighted by atomic mass is 16.5. The van der Waals surface area contributed by atoms with Crippen molar-refractivity contribution in [2.75, 3.05) is 31.2 Å². The third kappa shape index (κ3) is 5.34. The molecule has 8 nitrogen and oxygen atoms in total. The largest absolute Gasteiger partial charge is 0.507 e. The summed E-state index contributed by atoms with van der Waals surface area (Å²) in [6.45, 7) is 4.43. The van der Waals surface area contributed by atoms with Gasteiger partial charge in [0.2, 0.25) is 5.91 Å². The number of carbonyl (C=O) groups excluding carboxylic acids is 1. The molecule has 1 aromatic carbocycles. The van der Waals surface area contributed by atoms with Gasteiger partial charge in [0.05, 0.1) is 13.1 Å². The average Bonchev–Trinajstić information content (AvgIpc) is 2.76. The summed E-state index contributed by atoms with van der Waals surface area (Å²) < 4.78 is 5.40. The number of hydrogen-bond acceptors (Lipinski definition) is 6. The summed E-state index contributed by atoms with van der Waals surface area (Å²) in [4.78, 5) is 30.0. The van der Waals surface area contributed by atoms with E-state index in [0.29, 0.717) is 18.2 Å². The molecule has 0 unspecified atom stereocenters. The molecule has 3 N–H and O–H groups in total. The topological polar surface area (TPSA) is 112 Å². The van der Waals surface area contributed by atoms with Crippen molar-refractivity contribution < 1.29 is 24.5 Å². The zero-order valence-corrected chi connectivity index (χ0v) is 17.0. The van der Waals surface area contributed by atoms with Crippen molar-refractivity contribution >= 4 is 17.6 Å². The number of ether oxygens (including phenoxy) is 1. The van der Waals surface area contributed by atoms with Gasteiger partial charge in [-0.1, -0.05) is 13.0 Å². The van der Waals surface area contributed by atoms with Gasteiger partial charge in [0, 0.05) is 42.8 Å². The van der Waals surface area contributed by atoms with Gasteiger partial charge < -0.3 is 25.2 Å². The predicted octanol–water partition coefficient (Wildman–Crippen LogP) is 2.52. The van der Waals surface area contributed by atoms with E-state index in [1.165, 1.54) is 23.1 Å². The molecule has 2 aromatic rings. The Morgan fingerprint density at radius 2 is 2.00 bits per heavy atom. The van der Waals surface area contributed by atoms with Crippen LogP contribution in [0.1, 0.15) is 47.3 Å². The molecule has 1 aliphatic heterocycles. The quantitative estimate of drug-likeness (QED) is 0.610. The van der Waals surface area contributed by atoms with Crippen LogP contribution in [0.5, 0.6) is 5.75 Å². The Labute approximate surface area is 175 Å². The van der Waals surface area contributed by atoms with Crippen molar-refractivity contribution in [2.24, 2.45) is 0 Å². The molecule has 0 radical (unpaired) electrons. The molecule has 3 rings (SSSR count). The number of aromatic hydroxyl groups is 1. The summed E-state index contributed by atoms with van der Waals surface area (Å²) in [6, 6.07) is 8.07. The van der Waals surface area contributed by atoms with Crippen molar-refractivity contribution in [1.29, 1.82) is 0 Å². The number of nitrogens with zero attached hydrogens (tertiary/aromatic N) is 2. The average molecular weight is 413 g/mol. The lowest BCUT2D eigenvalue weighted by atomic mass is 9.96. The van der Waals surface area contributed by atoms with E-state index in [4.69, 9.17) is 9.84 Å². The maximum Gasteiger partial charge on any atom is 0.339 e. The Hall–Kier alpha value is -2.97. The molecule has 1 saturated heterocycles. The number of aromatic nitrogens is 1. The highest BCUT2D eigenvalue weighted by Gasteiger charge is 2.20. The summed E-state index contributed by atoms with van der Waals surface area (Å²) in [6.07, 6.45) is 3.67. The summed E-state index contributed by atoms with van der Waals surface area (Å²) in [5.74, 6) is -1.40. The fourth-order valence-corrected chi connectivity index (χ4v) is 3.47. The number of likely N-dealkylation sites (N-methyl/N-ethyl adjacent to an activating group) is 1. The third-order valence-electron chi connectivity index (χ3n) is 5.18. The number of benzene rings is 1. The Morgan fingerprint density at radius 3 is 2.60 bits per heavy atom. The monoisotopic (exact) mass is 413 g/mol. The van der Waals surface area contributed by atoms with Crippen LogP contribution < -0.4 is 10.2 Å². The molecule has 160 valence electrons. The zero-order valence-electron chi connectivity index (χ0n) is 17.0. The van der Waals surface area contributed by atoms with E-state index in [2.05, 4.69) is 10.3 Å².